The molecule has 102 valence electrons. The first-order chi connectivity index (χ1) is 8.65. The molecule has 0 amide bonds. The molecule has 0 saturated heterocycles. The minimum atomic E-state index is 0.0172. The van der Waals surface area contributed by atoms with Crippen LogP contribution in [0.5, 0.6) is 0 Å². The van der Waals surface area contributed by atoms with Crippen molar-refractivity contribution in [1.29, 1.82) is 0 Å². The Labute approximate surface area is 111 Å². The Morgan fingerprint density at radius 1 is 1.39 bits per heavy atom. The zero-order valence-corrected chi connectivity index (χ0v) is 11.5. The van der Waals surface area contributed by atoms with Gasteiger partial charge in [0.25, 0.3) is 0 Å². The van der Waals surface area contributed by atoms with E-state index in [0.29, 0.717) is 18.5 Å². The number of carbonyl (C=O) groups is 1. The van der Waals surface area contributed by atoms with Crippen molar-refractivity contribution in [3.8, 4) is 0 Å². The van der Waals surface area contributed by atoms with E-state index < -0.39 is 0 Å². The summed E-state index contributed by atoms with van der Waals surface area (Å²) in [4.78, 5) is 11.7. The van der Waals surface area contributed by atoms with Crippen LogP contribution < -0.4 is 11.1 Å². The summed E-state index contributed by atoms with van der Waals surface area (Å²) < 4.78 is 0. The average molecular weight is 250 g/mol. The minimum Gasteiger partial charge on any atom is -0.394 e. The first-order valence-electron chi connectivity index (χ1n) is 6.99. The molecule has 0 heterocycles. The lowest BCUT2D eigenvalue weighted by atomic mass is 9.89. The van der Waals surface area contributed by atoms with Crippen molar-refractivity contribution in [3.63, 3.8) is 0 Å². The predicted molar refractivity (Wildman–Crippen MR) is 75.9 cm³/mol. The molecule has 1 aliphatic carbocycles. The van der Waals surface area contributed by atoms with Crippen LogP contribution in [0.2, 0.25) is 0 Å². The van der Waals surface area contributed by atoms with Gasteiger partial charge in [-0.25, -0.2) is 0 Å². The second kappa shape index (κ2) is 7.96. The molecule has 18 heavy (non-hydrogen) atoms. The third-order valence-corrected chi connectivity index (χ3v) is 3.66. The number of hydrogen-bond donors (Lipinski definition) is 2. The lowest BCUT2D eigenvalue weighted by molar-refractivity contribution is -0.115. The van der Waals surface area contributed by atoms with E-state index in [4.69, 9.17) is 5.73 Å². The number of Topliss-reactive ketones (excluding diaryl/α,β-unsaturated/α-hetero) is 1. The largest absolute Gasteiger partial charge is 0.394 e. The van der Waals surface area contributed by atoms with Crippen molar-refractivity contribution in [2.75, 3.05) is 6.54 Å². The van der Waals surface area contributed by atoms with Crippen LogP contribution in [0.25, 0.3) is 0 Å². The van der Waals surface area contributed by atoms with E-state index in [-0.39, 0.29) is 5.78 Å². The Morgan fingerprint density at radius 3 is 2.67 bits per heavy atom. The van der Waals surface area contributed by atoms with Gasteiger partial charge in [0.15, 0.2) is 5.78 Å². The van der Waals surface area contributed by atoms with E-state index >= 15 is 0 Å². The van der Waals surface area contributed by atoms with Crippen LogP contribution in [0.4, 0.5) is 0 Å². The highest BCUT2D eigenvalue weighted by Crippen LogP contribution is 2.23. The van der Waals surface area contributed by atoms with Crippen molar-refractivity contribution in [1.82, 2.24) is 5.32 Å². The third-order valence-electron chi connectivity index (χ3n) is 3.66. The van der Waals surface area contributed by atoms with Crippen LogP contribution in [-0.4, -0.2) is 12.3 Å². The summed E-state index contributed by atoms with van der Waals surface area (Å²) in [6, 6.07) is 0. The minimum absolute atomic E-state index is 0.0172. The van der Waals surface area contributed by atoms with Gasteiger partial charge >= 0.3 is 0 Å². The average Bonchev–Trinajstić information content (AvgIpc) is 2.42. The van der Waals surface area contributed by atoms with Crippen LogP contribution in [0.1, 0.15) is 51.9 Å². The van der Waals surface area contributed by atoms with Crippen molar-refractivity contribution in [3.05, 3.63) is 24.0 Å². The van der Waals surface area contributed by atoms with Gasteiger partial charge in [-0.3, -0.25) is 4.79 Å². The number of hydrogen-bond acceptors (Lipinski definition) is 3. The first kappa shape index (κ1) is 14.8. The number of rotatable bonds is 7. The summed E-state index contributed by atoms with van der Waals surface area (Å²) in [7, 11) is 0. The molecule has 1 saturated carbocycles. The molecule has 0 atom stereocenters. The van der Waals surface area contributed by atoms with Crippen LogP contribution in [0, 0.1) is 5.92 Å². The zero-order valence-electron chi connectivity index (χ0n) is 11.5. The van der Waals surface area contributed by atoms with Crippen molar-refractivity contribution >= 4 is 5.78 Å². The Hall–Kier alpha value is -1.25. The summed E-state index contributed by atoms with van der Waals surface area (Å²) in [5, 5.41) is 3.32. The quantitative estimate of drug-likeness (QED) is 0.539. The predicted octanol–water partition coefficient (Wildman–Crippen LogP) is 2.88. The van der Waals surface area contributed by atoms with Gasteiger partial charge in [-0.05, 0) is 32.1 Å². The van der Waals surface area contributed by atoms with Gasteiger partial charge < -0.3 is 11.1 Å². The number of carbonyl (C=O) groups excluding carboxylic acids is 1. The standard InChI is InChI=1S/C15H26N2O/c1-3-4-10-14(18)15(16)12(2)17-11-13-8-6-5-7-9-13/h3,13,17H,1,4-11,16H2,2H3/b15-12-. The molecule has 0 aromatic heterocycles. The van der Waals surface area contributed by atoms with Gasteiger partial charge in [0.1, 0.15) is 0 Å². The summed E-state index contributed by atoms with van der Waals surface area (Å²) in [6.45, 7) is 6.45. The van der Waals surface area contributed by atoms with E-state index in [1.54, 1.807) is 6.08 Å². The highest BCUT2D eigenvalue weighted by molar-refractivity contribution is 5.95. The molecule has 0 aromatic carbocycles. The van der Waals surface area contributed by atoms with Crippen molar-refractivity contribution < 1.29 is 4.79 Å². The molecule has 0 aromatic rings. The molecule has 1 fully saturated rings. The Balaban J connectivity index is 2.38. The molecule has 1 rings (SSSR count). The van der Waals surface area contributed by atoms with Crippen LogP contribution >= 0.6 is 0 Å². The summed E-state index contributed by atoms with van der Waals surface area (Å²) in [5.41, 5.74) is 7.06. The number of allylic oxidation sites excluding steroid dienone is 3. The van der Waals surface area contributed by atoms with Gasteiger partial charge in [0, 0.05) is 18.7 Å². The lowest BCUT2D eigenvalue weighted by Gasteiger charge is -2.22. The smallest absolute Gasteiger partial charge is 0.180 e. The summed E-state index contributed by atoms with van der Waals surface area (Å²) >= 11 is 0. The van der Waals surface area contributed by atoms with Crippen molar-refractivity contribution in [2.24, 2.45) is 11.7 Å². The highest BCUT2D eigenvalue weighted by atomic mass is 16.1. The van der Waals surface area contributed by atoms with Crippen LogP contribution in [-0.2, 0) is 4.79 Å². The number of nitrogens with two attached hydrogens (primary N) is 1. The topological polar surface area (TPSA) is 55.1 Å². The Bertz CT molecular complexity index is 314. The molecular formula is C15H26N2O. The Kier molecular flexibility index (Phi) is 6.55. The van der Waals surface area contributed by atoms with E-state index in [1.807, 2.05) is 6.92 Å². The lowest BCUT2D eigenvalue weighted by Crippen LogP contribution is -2.27. The van der Waals surface area contributed by atoms with E-state index in [2.05, 4.69) is 11.9 Å². The van der Waals surface area contributed by atoms with Crippen LogP contribution in [0.3, 0.4) is 0 Å². The normalized spacial score (nSPS) is 18.1. The zero-order chi connectivity index (χ0) is 13.4. The van der Waals surface area contributed by atoms with Gasteiger partial charge in [0.05, 0.1) is 5.70 Å². The second-order valence-corrected chi connectivity index (χ2v) is 5.17. The van der Waals surface area contributed by atoms with Gasteiger partial charge in [0.2, 0.25) is 0 Å². The monoisotopic (exact) mass is 250 g/mol. The van der Waals surface area contributed by atoms with E-state index in [0.717, 1.165) is 18.2 Å². The molecule has 3 heteroatoms. The maximum Gasteiger partial charge on any atom is 0.180 e. The van der Waals surface area contributed by atoms with Crippen molar-refractivity contribution in [2.45, 2.75) is 51.9 Å². The summed E-state index contributed by atoms with van der Waals surface area (Å²) in [6.07, 6.45) is 9.53. The molecular weight excluding hydrogens is 224 g/mol. The third kappa shape index (κ3) is 4.94. The maximum atomic E-state index is 11.7. The molecule has 0 aliphatic heterocycles. The number of ketones is 1. The molecule has 0 spiro atoms. The van der Waals surface area contributed by atoms with Gasteiger partial charge in [-0.15, -0.1) is 6.58 Å². The van der Waals surface area contributed by atoms with Gasteiger partial charge in [-0.2, -0.15) is 0 Å². The highest BCUT2D eigenvalue weighted by Gasteiger charge is 2.14. The molecule has 0 bridgehead atoms. The first-order valence-corrected chi connectivity index (χ1v) is 6.99. The fourth-order valence-corrected chi connectivity index (χ4v) is 2.36. The molecule has 1 aliphatic rings. The molecule has 3 N–H and O–H groups in total. The van der Waals surface area contributed by atoms with Gasteiger partial charge in [-0.1, -0.05) is 25.3 Å². The fourth-order valence-electron chi connectivity index (χ4n) is 2.36. The maximum absolute atomic E-state index is 11.7. The Morgan fingerprint density at radius 2 is 2.06 bits per heavy atom. The SMILES string of the molecule is C=CCCC(=O)/C(N)=C(\C)NCC1CCCCC1. The molecule has 0 radical (unpaired) electrons. The fraction of sp³-hybridized carbons (Fsp3) is 0.667. The number of nitrogens with one attached hydrogen (secondary N) is 1. The molecule has 3 nitrogen and oxygen atoms in total. The molecule has 0 unspecified atom stereocenters. The summed E-state index contributed by atoms with van der Waals surface area (Å²) in [5.74, 6) is 0.758. The van der Waals surface area contributed by atoms with Crippen LogP contribution in [0.15, 0.2) is 24.0 Å². The van der Waals surface area contributed by atoms with E-state index in [9.17, 15) is 4.79 Å². The van der Waals surface area contributed by atoms with E-state index in [1.165, 1.54) is 32.1 Å². The second-order valence-electron chi connectivity index (χ2n) is 5.17.